The maximum Gasteiger partial charge on any atom is 0.256 e. The van der Waals surface area contributed by atoms with Crippen LogP contribution in [0.1, 0.15) is 12.5 Å². The fourth-order valence-electron chi connectivity index (χ4n) is 1.88. The van der Waals surface area contributed by atoms with Crippen molar-refractivity contribution in [3.05, 3.63) is 29.3 Å². The van der Waals surface area contributed by atoms with Crippen LogP contribution in [0.15, 0.2) is 23.7 Å². The van der Waals surface area contributed by atoms with Gasteiger partial charge in [-0.15, -0.1) is 11.3 Å². The van der Waals surface area contributed by atoms with Gasteiger partial charge in [-0.25, -0.2) is 4.98 Å². The zero-order valence-corrected chi connectivity index (χ0v) is 8.89. The molecule has 2 heterocycles. The zero-order chi connectivity index (χ0) is 10.4. The summed E-state index contributed by atoms with van der Waals surface area (Å²) in [6, 6.07) is 3.84. The van der Waals surface area contributed by atoms with Gasteiger partial charge in [0.15, 0.2) is 0 Å². The minimum Gasteiger partial charge on any atom is -0.321 e. The van der Waals surface area contributed by atoms with Gasteiger partial charge in [0.2, 0.25) is 0 Å². The number of fused-ring (bicyclic) bond motifs is 3. The van der Waals surface area contributed by atoms with Crippen LogP contribution in [0.5, 0.6) is 0 Å². The maximum absolute atomic E-state index is 11.6. The smallest absolute Gasteiger partial charge is 0.256 e. The van der Waals surface area contributed by atoms with E-state index in [9.17, 15) is 4.79 Å². The number of rotatable bonds is 0. The van der Waals surface area contributed by atoms with Gasteiger partial charge in [0.05, 0.1) is 21.4 Å². The van der Waals surface area contributed by atoms with E-state index < -0.39 is 0 Å². The van der Waals surface area contributed by atoms with Crippen LogP contribution >= 0.6 is 11.3 Å². The number of hydrogen-bond acceptors (Lipinski definition) is 3. The number of hydrogen-bond donors (Lipinski definition) is 1. The molecule has 0 radical (unpaired) electrons. The van der Waals surface area contributed by atoms with Gasteiger partial charge in [0.1, 0.15) is 0 Å². The average molecular weight is 216 g/mol. The second kappa shape index (κ2) is 2.90. The predicted octanol–water partition coefficient (Wildman–Crippen LogP) is 2.65. The number of aromatic nitrogens is 1. The van der Waals surface area contributed by atoms with E-state index >= 15 is 0 Å². The number of thiazole rings is 1. The largest absolute Gasteiger partial charge is 0.321 e. The summed E-state index contributed by atoms with van der Waals surface area (Å²) in [5.74, 6) is -0.0200. The summed E-state index contributed by atoms with van der Waals surface area (Å²) in [5.41, 5.74) is 5.41. The van der Waals surface area contributed by atoms with E-state index in [2.05, 4.69) is 10.3 Å². The van der Waals surface area contributed by atoms with Crippen LogP contribution < -0.4 is 5.32 Å². The van der Waals surface area contributed by atoms with Crippen molar-refractivity contribution in [1.82, 2.24) is 4.98 Å². The lowest BCUT2D eigenvalue weighted by atomic mass is 10.1. The molecule has 0 saturated carbocycles. The van der Waals surface area contributed by atoms with Crippen molar-refractivity contribution in [2.75, 3.05) is 5.32 Å². The molecule has 15 heavy (non-hydrogen) atoms. The molecule has 1 aromatic heterocycles. The lowest BCUT2D eigenvalue weighted by Gasteiger charge is -1.98. The third kappa shape index (κ3) is 1.05. The van der Waals surface area contributed by atoms with Crippen LogP contribution in [0.2, 0.25) is 0 Å². The summed E-state index contributed by atoms with van der Waals surface area (Å²) >= 11 is 1.57. The quantitative estimate of drug-likeness (QED) is 0.688. The van der Waals surface area contributed by atoms with Gasteiger partial charge in [-0.1, -0.05) is 6.08 Å². The Hall–Kier alpha value is -1.68. The van der Waals surface area contributed by atoms with Gasteiger partial charge < -0.3 is 5.32 Å². The Labute approximate surface area is 90.4 Å². The molecule has 0 aliphatic carbocycles. The maximum atomic E-state index is 11.6. The van der Waals surface area contributed by atoms with Crippen LogP contribution in [-0.2, 0) is 4.79 Å². The standard InChI is InChI=1S/C11H8N2OS/c1-2-6-9-7(13-11(6)14)3-4-8-10(9)15-5-12-8/h2-5H,1H3,(H,13,14)/b6-2-. The van der Waals surface area contributed by atoms with Gasteiger partial charge >= 0.3 is 0 Å². The highest BCUT2D eigenvalue weighted by Crippen LogP contribution is 2.38. The first-order valence-electron chi connectivity index (χ1n) is 4.65. The topological polar surface area (TPSA) is 42.0 Å². The Morgan fingerprint density at radius 1 is 1.47 bits per heavy atom. The Morgan fingerprint density at radius 3 is 3.13 bits per heavy atom. The summed E-state index contributed by atoms with van der Waals surface area (Å²) in [5, 5.41) is 2.85. The van der Waals surface area contributed by atoms with E-state index in [0.717, 1.165) is 27.0 Å². The molecule has 2 aromatic rings. The summed E-state index contributed by atoms with van der Waals surface area (Å²) in [7, 11) is 0. The molecule has 1 aliphatic heterocycles. The third-order valence-corrected chi connectivity index (χ3v) is 3.41. The summed E-state index contributed by atoms with van der Waals surface area (Å²) in [6.07, 6.45) is 1.85. The second-order valence-electron chi connectivity index (χ2n) is 3.35. The third-order valence-electron chi connectivity index (χ3n) is 2.55. The van der Waals surface area contributed by atoms with E-state index in [1.807, 2.05) is 25.1 Å². The zero-order valence-electron chi connectivity index (χ0n) is 8.07. The van der Waals surface area contributed by atoms with Crippen LogP contribution in [0.4, 0.5) is 5.69 Å². The Balaban J connectivity index is 2.44. The fraction of sp³-hybridized carbons (Fsp3) is 0.0909. The molecule has 0 atom stereocenters. The summed E-state index contributed by atoms with van der Waals surface area (Å²) in [6.45, 7) is 1.88. The molecular weight excluding hydrogens is 208 g/mol. The van der Waals surface area contributed by atoms with Crippen molar-refractivity contribution in [2.24, 2.45) is 0 Å². The highest BCUT2D eigenvalue weighted by Gasteiger charge is 2.26. The lowest BCUT2D eigenvalue weighted by molar-refractivity contribution is -0.110. The number of amides is 1. The predicted molar refractivity (Wildman–Crippen MR) is 61.9 cm³/mol. The molecule has 4 heteroatoms. The fourth-order valence-corrected chi connectivity index (χ4v) is 2.73. The monoisotopic (exact) mass is 216 g/mol. The van der Waals surface area contributed by atoms with Crippen molar-refractivity contribution in [3.63, 3.8) is 0 Å². The van der Waals surface area contributed by atoms with Crippen molar-refractivity contribution >= 4 is 38.7 Å². The van der Waals surface area contributed by atoms with Crippen molar-refractivity contribution in [2.45, 2.75) is 6.92 Å². The van der Waals surface area contributed by atoms with E-state index in [4.69, 9.17) is 0 Å². The van der Waals surface area contributed by atoms with E-state index in [1.54, 1.807) is 16.8 Å². The number of benzene rings is 1. The molecule has 0 bridgehead atoms. The van der Waals surface area contributed by atoms with Gasteiger partial charge in [-0.05, 0) is 19.1 Å². The molecule has 1 N–H and O–H groups in total. The number of anilines is 1. The normalized spacial score (nSPS) is 17.1. The van der Waals surface area contributed by atoms with Crippen molar-refractivity contribution in [1.29, 1.82) is 0 Å². The van der Waals surface area contributed by atoms with E-state index in [-0.39, 0.29) is 5.91 Å². The van der Waals surface area contributed by atoms with Crippen LogP contribution in [0.25, 0.3) is 15.8 Å². The molecule has 0 unspecified atom stereocenters. The molecule has 1 aromatic carbocycles. The number of carbonyl (C=O) groups excluding carboxylic acids is 1. The van der Waals surface area contributed by atoms with Gasteiger partial charge in [0.25, 0.3) is 5.91 Å². The highest BCUT2D eigenvalue weighted by molar-refractivity contribution is 7.17. The van der Waals surface area contributed by atoms with Crippen LogP contribution in [-0.4, -0.2) is 10.9 Å². The Morgan fingerprint density at radius 2 is 2.33 bits per heavy atom. The minimum absolute atomic E-state index is 0.0200. The van der Waals surface area contributed by atoms with Gasteiger partial charge in [0, 0.05) is 11.1 Å². The molecule has 3 rings (SSSR count). The van der Waals surface area contributed by atoms with Gasteiger partial charge in [-0.2, -0.15) is 0 Å². The SMILES string of the molecule is C/C=C1\C(=O)Nc2ccc3ncsc3c21. The molecule has 1 aliphatic rings. The first kappa shape index (κ1) is 8.61. The lowest BCUT2D eigenvalue weighted by Crippen LogP contribution is -2.03. The van der Waals surface area contributed by atoms with Crippen LogP contribution in [0.3, 0.4) is 0 Å². The van der Waals surface area contributed by atoms with Crippen molar-refractivity contribution < 1.29 is 4.79 Å². The van der Waals surface area contributed by atoms with E-state index in [0.29, 0.717) is 0 Å². The molecule has 0 fully saturated rings. The molecule has 74 valence electrons. The Kier molecular flexibility index (Phi) is 1.67. The van der Waals surface area contributed by atoms with Gasteiger partial charge in [-0.3, -0.25) is 4.79 Å². The first-order valence-corrected chi connectivity index (χ1v) is 5.53. The molecular formula is C11H8N2OS. The molecule has 0 spiro atoms. The molecule has 0 saturated heterocycles. The van der Waals surface area contributed by atoms with E-state index in [1.165, 1.54) is 0 Å². The number of carbonyl (C=O) groups is 1. The minimum atomic E-state index is -0.0200. The number of allylic oxidation sites excluding steroid dienone is 1. The average Bonchev–Trinajstić information content (AvgIpc) is 2.78. The first-order chi connectivity index (χ1) is 7.31. The second-order valence-corrected chi connectivity index (χ2v) is 4.20. The van der Waals surface area contributed by atoms with Crippen molar-refractivity contribution in [3.8, 4) is 0 Å². The molecule has 3 nitrogen and oxygen atoms in total. The number of nitrogens with one attached hydrogen (secondary N) is 1. The Bertz CT molecular complexity index is 598. The highest BCUT2D eigenvalue weighted by atomic mass is 32.1. The summed E-state index contributed by atoms with van der Waals surface area (Å²) in [4.78, 5) is 15.9. The van der Waals surface area contributed by atoms with Crippen LogP contribution in [0, 0.1) is 0 Å². The summed E-state index contributed by atoms with van der Waals surface area (Å²) < 4.78 is 1.08. The number of nitrogens with zero attached hydrogens (tertiary/aromatic N) is 1. The molecule has 1 amide bonds.